The molecule has 6 heteroatoms. The van der Waals surface area contributed by atoms with Gasteiger partial charge < -0.3 is 5.11 Å². The average Bonchev–Trinajstić information content (AvgIpc) is 2.30. The molecule has 0 aliphatic heterocycles. The molecule has 0 spiro atoms. The molecule has 0 saturated carbocycles. The van der Waals surface area contributed by atoms with Crippen LogP contribution in [0.2, 0.25) is 0 Å². The quantitative estimate of drug-likeness (QED) is 0.719. The molecule has 0 amide bonds. The lowest BCUT2D eigenvalue weighted by atomic mass is 9.80. The highest BCUT2D eigenvalue weighted by Gasteiger charge is 2.54. The van der Waals surface area contributed by atoms with Crippen LogP contribution >= 0.6 is 58.0 Å². The number of aliphatic hydroxyl groups is 1. The smallest absolute Gasteiger partial charge is 0.131 e. The van der Waals surface area contributed by atoms with Crippen LogP contribution in [0.1, 0.15) is 20.3 Å². The second-order valence-electron chi connectivity index (χ2n) is 4.02. The topological polar surface area (TPSA) is 20.2 Å². The largest absolute Gasteiger partial charge is 0.509 e. The Bertz CT molecular complexity index is 306. The Morgan fingerprint density at radius 2 is 1.88 bits per heavy atom. The first kappa shape index (κ1) is 15.0. The van der Waals surface area contributed by atoms with Gasteiger partial charge in [-0.15, -0.1) is 46.4 Å². The van der Waals surface area contributed by atoms with Gasteiger partial charge in [0.1, 0.15) is 10.6 Å². The SMILES string of the molecule is CCC(C)C1(Cl)C(O)=C(Cl)C(Cl)C(Cl)C1Cl. The van der Waals surface area contributed by atoms with Crippen LogP contribution in [0.5, 0.6) is 0 Å². The van der Waals surface area contributed by atoms with Gasteiger partial charge in [0.15, 0.2) is 0 Å². The van der Waals surface area contributed by atoms with E-state index in [1.807, 2.05) is 13.8 Å². The molecule has 0 radical (unpaired) electrons. The van der Waals surface area contributed by atoms with Crippen molar-refractivity contribution in [2.75, 3.05) is 0 Å². The molecular formula is C10H13Cl5O. The molecule has 16 heavy (non-hydrogen) atoms. The fraction of sp³-hybridized carbons (Fsp3) is 0.800. The first-order valence-electron chi connectivity index (χ1n) is 4.98. The van der Waals surface area contributed by atoms with E-state index in [1.165, 1.54) is 0 Å². The summed E-state index contributed by atoms with van der Waals surface area (Å²) in [5.74, 6) is -0.210. The second kappa shape index (κ2) is 5.32. The summed E-state index contributed by atoms with van der Waals surface area (Å²) in [6.45, 7) is 3.84. The third kappa shape index (κ3) is 2.14. The van der Waals surface area contributed by atoms with E-state index < -0.39 is 21.0 Å². The summed E-state index contributed by atoms with van der Waals surface area (Å²) in [7, 11) is 0. The zero-order valence-electron chi connectivity index (χ0n) is 8.85. The molecule has 1 rings (SSSR count). The predicted octanol–water partition coefficient (Wildman–Crippen LogP) is 4.85. The second-order valence-corrected chi connectivity index (χ2v) is 6.50. The minimum absolute atomic E-state index is 0.0594. The van der Waals surface area contributed by atoms with Crippen molar-refractivity contribution in [1.29, 1.82) is 0 Å². The molecule has 5 unspecified atom stereocenters. The van der Waals surface area contributed by atoms with Crippen molar-refractivity contribution in [2.45, 2.75) is 41.3 Å². The number of aliphatic hydroxyl groups excluding tert-OH is 1. The zero-order chi connectivity index (χ0) is 12.7. The summed E-state index contributed by atoms with van der Waals surface area (Å²) in [6.07, 6.45) is 0.748. The first-order chi connectivity index (χ1) is 7.28. The van der Waals surface area contributed by atoms with Gasteiger partial charge in [0.05, 0.1) is 21.2 Å². The van der Waals surface area contributed by atoms with Crippen LogP contribution < -0.4 is 0 Å². The fourth-order valence-electron chi connectivity index (χ4n) is 1.77. The van der Waals surface area contributed by atoms with E-state index in [-0.39, 0.29) is 16.7 Å². The van der Waals surface area contributed by atoms with E-state index in [0.29, 0.717) is 0 Å². The van der Waals surface area contributed by atoms with Gasteiger partial charge in [-0.2, -0.15) is 0 Å². The van der Waals surface area contributed by atoms with Crippen molar-refractivity contribution in [2.24, 2.45) is 5.92 Å². The number of rotatable bonds is 2. The molecule has 0 bridgehead atoms. The molecule has 0 fully saturated rings. The zero-order valence-corrected chi connectivity index (χ0v) is 12.6. The maximum atomic E-state index is 10.0. The fourth-order valence-corrected chi connectivity index (χ4v) is 3.74. The molecule has 5 atom stereocenters. The van der Waals surface area contributed by atoms with Gasteiger partial charge in [-0.3, -0.25) is 0 Å². The number of alkyl halides is 4. The molecule has 0 heterocycles. The number of halogens is 5. The maximum Gasteiger partial charge on any atom is 0.131 e. The van der Waals surface area contributed by atoms with Gasteiger partial charge in [0.2, 0.25) is 0 Å². The highest BCUT2D eigenvalue weighted by Crippen LogP contribution is 2.50. The van der Waals surface area contributed by atoms with Gasteiger partial charge in [-0.1, -0.05) is 31.9 Å². The molecule has 1 N–H and O–H groups in total. The molecule has 0 saturated heterocycles. The van der Waals surface area contributed by atoms with Gasteiger partial charge in [0.25, 0.3) is 0 Å². The highest BCUT2D eigenvalue weighted by molar-refractivity contribution is 6.46. The van der Waals surface area contributed by atoms with E-state index in [0.717, 1.165) is 6.42 Å². The number of hydrogen-bond acceptors (Lipinski definition) is 1. The molecule has 1 aliphatic carbocycles. The van der Waals surface area contributed by atoms with E-state index in [4.69, 9.17) is 58.0 Å². The van der Waals surface area contributed by atoms with Gasteiger partial charge >= 0.3 is 0 Å². The molecular weight excluding hydrogens is 313 g/mol. The van der Waals surface area contributed by atoms with Crippen molar-refractivity contribution in [1.82, 2.24) is 0 Å². The van der Waals surface area contributed by atoms with Crippen LogP contribution in [0, 0.1) is 5.92 Å². The van der Waals surface area contributed by atoms with Crippen molar-refractivity contribution < 1.29 is 5.11 Å². The summed E-state index contributed by atoms with van der Waals surface area (Å²) in [6, 6.07) is 0. The Morgan fingerprint density at radius 3 is 2.31 bits per heavy atom. The highest BCUT2D eigenvalue weighted by atomic mass is 35.5. The van der Waals surface area contributed by atoms with Crippen LogP contribution in [0.15, 0.2) is 10.8 Å². The van der Waals surface area contributed by atoms with Crippen LogP contribution in [0.25, 0.3) is 0 Å². The molecule has 1 aliphatic rings. The van der Waals surface area contributed by atoms with Crippen LogP contribution in [0.3, 0.4) is 0 Å². The van der Waals surface area contributed by atoms with Crippen LogP contribution in [0.4, 0.5) is 0 Å². The predicted molar refractivity (Wildman–Crippen MR) is 72.5 cm³/mol. The summed E-state index contributed by atoms with van der Waals surface area (Å²) in [5.41, 5.74) is 0. The maximum absolute atomic E-state index is 10.0. The van der Waals surface area contributed by atoms with E-state index in [2.05, 4.69) is 0 Å². The molecule has 94 valence electrons. The Balaban J connectivity index is 3.27. The van der Waals surface area contributed by atoms with Gasteiger partial charge in [-0.25, -0.2) is 0 Å². The monoisotopic (exact) mass is 324 g/mol. The van der Waals surface area contributed by atoms with Gasteiger partial charge in [0, 0.05) is 0 Å². The Kier molecular flexibility index (Phi) is 5.00. The van der Waals surface area contributed by atoms with Crippen molar-refractivity contribution >= 4 is 58.0 Å². The Morgan fingerprint density at radius 1 is 1.38 bits per heavy atom. The van der Waals surface area contributed by atoms with Crippen molar-refractivity contribution in [3.05, 3.63) is 10.8 Å². The van der Waals surface area contributed by atoms with Crippen molar-refractivity contribution in [3.8, 4) is 0 Å². The summed E-state index contributed by atoms with van der Waals surface area (Å²) in [4.78, 5) is -1.15. The molecule has 0 aromatic rings. The number of allylic oxidation sites excluding steroid dienone is 2. The minimum Gasteiger partial charge on any atom is -0.509 e. The lowest BCUT2D eigenvalue weighted by Gasteiger charge is -2.43. The van der Waals surface area contributed by atoms with E-state index >= 15 is 0 Å². The van der Waals surface area contributed by atoms with Crippen molar-refractivity contribution in [3.63, 3.8) is 0 Å². The standard InChI is InChI=1S/C10H13Cl5O/c1-3-4(2)10(15)8(14)6(12)5(11)7(13)9(10)16/h4-6,8,16H,3H2,1-2H3. The Labute approximate surface area is 121 Å². The van der Waals surface area contributed by atoms with Crippen LogP contribution in [-0.2, 0) is 0 Å². The van der Waals surface area contributed by atoms with E-state index in [9.17, 15) is 5.11 Å². The average molecular weight is 326 g/mol. The third-order valence-corrected chi connectivity index (χ3v) is 6.41. The lowest BCUT2D eigenvalue weighted by Crippen LogP contribution is -2.52. The lowest BCUT2D eigenvalue weighted by molar-refractivity contribution is 0.264. The summed E-state index contributed by atoms with van der Waals surface area (Å²) >= 11 is 30.6. The number of hydrogen-bond donors (Lipinski definition) is 1. The third-order valence-electron chi connectivity index (χ3n) is 3.12. The molecule has 0 aromatic carbocycles. The van der Waals surface area contributed by atoms with Gasteiger partial charge in [-0.05, 0) is 5.92 Å². The van der Waals surface area contributed by atoms with E-state index in [1.54, 1.807) is 0 Å². The van der Waals surface area contributed by atoms with Crippen LogP contribution in [-0.4, -0.2) is 26.1 Å². The molecule has 1 nitrogen and oxygen atoms in total. The first-order valence-corrected chi connectivity index (χ1v) is 7.05. The Hall–Kier alpha value is 0.990. The minimum atomic E-state index is -1.15. The molecule has 0 aromatic heterocycles. The summed E-state index contributed by atoms with van der Waals surface area (Å²) < 4.78 is 0. The summed E-state index contributed by atoms with van der Waals surface area (Å²) in [5, 5.41) is 8.15. The normalized spacial score (nSPS) is 42.3.